The monoisotopic (exact) mass is 458 g/mol. The van der Waals surface area contributed by atoms with Crippen LogP contribution in [0.5, 0.6) is 5.75 Å². The molecule has 1 aliphatic rings. The van der Waals surface area contributed by atoms with Gasteiger partial charge in [-0.3, -0.25) is 0 Å². The average molecular weight is 459 g/mol. The van der Waals surface area contributed by atoms with Crippen molar-refractivity contribution in [3.8, 4) is 11.8 Å². The van der Waals surface area contributed by atoms with E-state index in [4.69, 9.17) is 43.1 Å². The van der Waals surface area contributed by atoms with Crippen LogP contribution >= 0.6 is 23.2 Å². The van der Waals surface area contributed by atoms with Crippen LogP contribution in [0.2, 0.25) is 10.0 Å². The van der Waals surface area contributed by atoms with E-state index in [2.05, 4.69) is 0 Å². The van der Waals surface area contributed by atoms with Crippen molar-refractivity contribution in [2.75, 3.05) is 6.61 Å². The molecular weight excluding hydrogens is 439 g/mol. The van der Waals surface area contributed by atoms with E-state index in [1.807, 2.05) is 18.2 Å². The molecule has 2 N–H and O–H groups in total. The maximum Gasteiger partial charge on any atom is 0.338 e. The molecule has 1 unspecified atom stereocenters. The summed E-state index contributed by atoms with van der Waals surface area (Å²) >= 11 is 12.3. The van der Waals surface area contributed by atoms with Gasteiger partial charge in [-0.2, -0.15) is 5.26 Å². The molecular formula is C23H20Cl2N2O4. The highest BCUT2D eigenvalue weighted by molar-refractivity contribution is 6.31. The lowest BCUT2D eigenvalue weighted by Gasteiger charge is -2.28. The molecule has 0 aromatic heterocycles. The molecule has 6 nitrogen and oxygen atoms in total. The van der Waals surface area contributed by atoms with E-state index in [-0.39, 0.29) is 36.0 Å². The number of hydrogen-bond acceptors (Lipinski definition) is 6. The van der Waals surface area contributed by atoms with Crippen molar-refractivity contribution in [2.45, 2.75) is 26.4 Å². The van der Waals surface area contributed by atoms with Crippen molar-refractivity contribution in [2.24, 2.45) is 5.73 Å². The molecule has 2 aromatic carbocycles. The van der Waals surface area contributed by atoms with Gasteiger partial charge in [0.2, 0.25) is 5.88 Å². The molecule has 0 radical (unpaired) electrons. The number of nitriles is 1. The van der Waals surface area contributed by atoms with Gasteiger partial charge in [-0.1, -0.05) is 35.3 Å². The molecule has 160 valence electrons. The van der Waals surface area contributed by atoms with E-state index < -0.39 is 11.9 Å². The molecule has 1 atom stereocenters. The Labute approximate surface area is 190 Å². The maximum absolute atomic E-state index is 12.8. The van der Waals surface area contributed by atoms with Gasteiger partial charge < -0.3 is 19.9 Å². The van der Waals surface area contributed by atoms with E-state index in [9.17, 15) is 10.1 Å². The fraction of sp³-hybridized carbons (Fsp3) is 0.217. The van der Waals surface area contributed by atoms with Crippen LogP contribution in [0.4, 0.5) is 0 Å². The van der Waals surface area contributed by atoms with E-state index in [1.165, 1.54) is 0 Å². The molecule has 2 aromatic rings. The van der Waals surface area contributed by atoms with Crippen molar-refractivity contribution >= 4 is 29.2 Å². The van der Waals surface area contributed by atoms with Gasteiger partial charge in [0.15, 0.2) is 0 Å². The Morgan fingerprint density at radius 1 is 1.23 bits per heavy atom. The average Bonchev–Trinajstić information content (AvgIpc) is 2.72. The van der Waals surface area contributed by atoms with Crippen LogP contribution < -0.4 is 10.5 Å². The van der Waals surface area contributed by atoms with Crippen LogP contribution in [0.3, 0.4) is 0 Å². The normalized spacial score (nSPS) is 15.9. The number of nitrogens with zero attached hydrogens (tertiary/aromatic N) is 1. The summed E-state index contributed by atoms with van der Waals surface area (Å²) in [4.78, 5) is 12.8. The second kappa shape index (κ2) is 9.78. The van der Waals surface area contributed by atoms with Crippen molar-refractivity contribution in [1.82, 2.24) is 0 Å². The predicted octanol–water partition coefficient (Wildman–Crippen LogP) is 5.22. The standard InChI is InChI=1S/C23H20Cl2N2O4/c1-3-29-23(28)20-13(2)31-22(27)18(11-26)21(20)17-10-16(25)7-8-19(17)30-12-14-5-4-6-15(24)9-14/h4-10,21H,3,12,27H2,1-2H3. The van der Waals surface area contributed by atoms with Crippen LogP contribution in [0, 0.1) is 11.3 Å². The Kier molecular flexibility index (Phi) is 7.11. The lowest BCUT2D eigenvalue weighted by atomic mass is 9.82. The number of halogens is 2. The van der Waals surface area contributed by atoms with E-state index in [0.29, 0.717) is 21.4 Å². The molecule has 0 bridgehead atoms. The molecule has 0 amide bonds. The van der Waals surface area contributed by atoms with Gasteiger partial charge in [-0.15, -0.1) is 0 Å². The number of esters is 1. The van der Waals surface area contributed by atoms with Gasteiger partial charge in [0.1, 0.15) is 29.8 Å². The van der Waals surface area contributed by atoms with Gasteiger partial charge >= 0.3 is 5.97 Å². The zero-order valence-electron chi connectivity index (χ0n) is 16.9. The summed E-state index contributed by atoms with van der Waals surface area (Å²) in [7, 11) is 0. The van der Waals surface area contributed by atoms with Crippen LogP contribution in [-0.2, 0) is 20.9 Å². The summed E-state index contributed by atoms with van der Waals surface area (Å²) < 4.78 is 16.7. The number of ether oxygens (including phenoxy) is 3. The predicted molar refractivity (Wildman–Crippen MR) is 117 cm³/mol. The highest BCUT2D eigenvalue weighted by Crippen LogP contribution is 2.44. The van der Waals surface area contributed by atoms with E-state index >= 15 is 0 Å². The Bertz CT molecular complexity index is 1120. The highest BCUT2D eigenvalue weighted by atomic mass is 35.5. The summed E-state index contributed by atoms with van der Waals surface area (Å²) in [5.74, 6) is -0.858. The zero-order valence-corrected chi connectivity index (χ0v) is 18.5. The molecule has 0 fully saturated rings. The summed E-state index contributed by atoms with van der Waals surface area (Å²) in [6.07, 6.45) is 0. The van der Waals surface area contributed by atoms with Gasteiger partial charge in [0.25, 0.3) is 0 Å². The number of rotatable bonds is 6. The number of nitrogens with two attached hydrogens (primary N) is 1. The minimum Gasteiger partial charge on any atom is -0.489 e. The van der Waals surface area contributed by atoms with Gasteiger partial charge in [0.05, 0.1) is 18.1 Å². The highest BCUT2D eigenvalue weighted by Gasteiger charge is 2.38. The summed E-state index contributed by atoms with van der Waals surface area (Å²) in [6, 6.07) is 14.3. The molecule has 0 saturated heterocycles. The van der Waals surface area contributed by atoms with Crippen LogP contribution in [0.25, 0.3) is 0 Å². The van der Waals surface area contributed by atoms with Gasteiger partial charge in [0, 0.05) is 15.6 Å². The zero-order chi connectivity index (χ0) is 22.5. The molecule has 3 rings (SSSR count). The SMILES string of the molecule is CCOC(=O)C1=C(C)OC(N)=C(C#N)C1c1cc(Cl)ccc1OCc1cccc(Cl)c1. The van der Waals surface area contributed by atoms with Crippen molar-refractivity contribution in [1.29, 1.82) is 5.26 Å². The smallest absolute Gasteiger partial charge is 0.338 e. The molecule has 0 saturated carbocycles. The second-order valence-corrected chi connectivity index (χ2v) is 7.59. The first kappa shape index (κ1) is 22.5. The molecule has 1 aliphatic heterocycles. The number of allylic oxidation sites excluding steroid dienone is 2. The Morgan fingerprint density at radius 2 is 1.97 bits per heavy atom. The van der Waals surface area contributed by atoms with Gasteiger partial charge in [-0.25, -0.2) is 4.79 Å². The first-order chi connectivity index (χ1) is 14.8. The van der Waals surface area contributed by atoms with E-state index in [0.717, 1.165) is 5.56 Å². The third-order valence-electron chi connectivity index (χ3n) is 4.67. The van der Waals surface area contributed by atoms with Crippen LogP contribution in [0.15, 0.2) is 65.3 Å². The fourth-order valence-electron chi connectivity index (χ4n) is 3.33. The largest absolute Gasteiger partial charge is 0.489 e. The molecule has 1 heterocycles. The molecule has 0 aliphatic carbocycles. The number of carbonyl (C=O) groups excluding carboxylic acids is 1. The second-order valence-electron chi connectivity index (χ2n) is 6.72. The Morgan fingerprint density at radius 3 is 2.65 bits per heavy atom. The third kappa shape index (κ3) is 4.96. The first-order valence-corrected chi connectivity index (χ1v) is 10.2. The fourth-order valence-corrected chi connectivity index (χ4v) is 3.72. The van der Waals surface area contributed by atoms with Crippen molar-refractivity contribution in [3.63, 3.8) is 0 Å². The van der Waals surface area contributed by atoms with Crippen LogP contribution in [0.1, 0.15) is 30.9 Å². The summed E-state index contributed by atoms with van der Waals surface area (Å²) in [5, 5.41) is 10.8. The topological polar surface area (TPSA) is 94.6 Å². The van der Waals surface area contributed by atoms with Gasteiger partial charge in [-0.05, 0) is 49.7 Å². The Balaban J connectivity index is 2.08. The van der Waals surface area contributed by atoms with E-state index in [1.54, 1.807) is 44.2 Å². The maximum atomic E-state index is 12.8. The van der Waals surface area contributed by atoms with Crippen molar-refractivity contribution < 1.29 is 19.0 Å². The minimum absolute atomic E-state index is 0.0727. The third-order valence-corrected chi connectivity index (χ3v) is 5.14. The summed E-state index contributed by atoms with van der Waals surface area (Å²) in [5.41, 5.74) is 7.57. The number of hydrogen-bond donors (Lipinski definition) is 1. The van der Waals surface area contributed by atoms with Crippen molar-refractivity contribution in [3.05, 3.63) is 86.4 Å². The number of benzene rings is 2. The molecule has 31 heavy (non-hydrogen) atoms. The lowest BCUT2D eigenvalue weighted by molar-refractivity contribution is -0.139. The van der Waals surface area contributed by atoms with Crippen LogP contribution in [-0.4, -0.2) is 12.6 Å². The summed E-state index contributed by atoms with van der Waals surface area (Å²) in [6.45, 7) is 3.67. The minimum atomic E-state index is -0.856. The quantitative estimate of drug-likeness (QED) is 0.596. The number of carbonyl (C=O) groups is 1. The first-order valence-electron chi connectivity index (χ1n) is 9.47. The molecule has 0 spiro atoms. The molecule has 8 heteroatoms. The lowest BCUT2D eigenvalue weighted by Crippen LogP contribution is -2.26. The Hall–Kier alpha value is -3.14.